The minimum Gasteiger partial charge on any atom is -0.379 e. The van der Waals surface area contributed by atoms with Gasteiger partial charge in [-0.15, -0.1) is 0 Å². The maximum absolute atomic E-state index is 12.5. The molecule has 0 aliphatic heterocycles. The van der Waals surface area contributed by atoms with Crippen molar-refractivity contribution in [1.82, 2.24) is 9.78 Å². The van der Waals surface area contributed by atoms with Crippen molar-refractivity contribution in [1.29, 1.82) is 0 Å². The third-order valence-electron chi connectivity index (χ3n) is 3.18. The van der Waals surface area contributed by atoms with Gasteiger partial charge in [0, 0.05) is 12.7 Å². The number of hydrogen-bond acceptors (Lipinski definition) is 2. The Morgan fingerprint density at radius 3 is 2.33 bits per heavy atom. The first-order valence-corrected chi connectivity index (χ1v) is 6.82. The summed E-state index contributed by atoms with van der Waals surface area (Å²) in [6.07, 6.45) is -3.59. The van der Waals surface area contributed by atoms with E-state index in [1.165, 1.54) is 12.1 Å². The average Bonchev–Trinajstić information content (AvgIpc) is 2.70. The molecule has 0 unspecified atom stereocenters. The summed E-state index contributed by atoms with van der Waals surface area (Å²) in [7, 11) is 1.79. The monoisotopic (exact) mass is 317 g/mol. The number of aromatic nitrogens is 2. The predicted molar refractivity (Wildman–Crippen MR) is 76.4 cm³/mol. The normalized spacial score (nSPS) is 11.7. The smallest absolute Gasteiger partial charge is 0.379 e. The first kappa shape index (κ1) is 15.7. The van der Waals surface area contributed by atoms with E-state index in [1.54, 1.807) is 11.7 Å². The van der Waals surface area contributed by atoms with Crippen molar-refractivity contribution in [2.75, 3.05) is 5.32 Å². The number of alkyl halides is 3. The standard InChI is InChI=1S/C14H15ClF3N3/c1-3-11-13(15)12(21(2)20-11)8-19-10-6-4-9(5-7-10)14(16,17)18/h4-7,19H,3,8H2,1-2H3. The van der Waals surface area contributed by atoms with Crippen LogP contribution in [0.4, 0.5) is 18.9 Å². The van der Waals surface area contributed by atoms with E-state index < -0.39 is 11.7 Å². The van der Waals surface area contributed by atoms with Gasteiger partial charge >= 0.3 is 6.18 Å². The highest BCUT2D eigenvalue weighted by molar-refractivity contribution is 6.31. The van der Waals surface area contributed by atoms with Crippen molar-refractivity contribution in [2.45, 2.75) is 26.1 Å². The number of benzene rings is 1. The lowest BCUT2D eigenvalue weighted by molar-refractivity contribution is -0.137. The van der Waals surface area contributed by atoms with Crippen LogP contribution in [0, 0.1) is 0 Å². The summed E-state index contributed by atoms with van der Waals surface area (Å²) < 4.78 is 39.1. The summed E-state index contributed by atoms with van der Waals surface area (Å²) in [6.45, 7) is 2.36. The van der Waals surface area contributed by atoms with E-state index in [-0.39, 0.29) is 0 Å². The number of aryl methyl sites for hydroxylation is 2. The minimum atomic E-state index is -4.32. The maximum atomic E-state index is 12.5. The second-order valence-electron chi connectivity index (χ2n) is 4.61. The topological polar surface area (TPSA) is 29.9 Å². The lowest BCUT2D eigenvalue weighted by Crippen LogP contribution is -2.07. The summed E-state index contributed by atoms with van der Waals surface area (Å²) in [4.78, 5) is 0. The second kappa shape index (κ2) is 5.97. The Kier molecular flexibility index (Phi) is 4.46. The van der Waals surface area contributed by atoms with E-state index in [9.17, 15) is 13.2 Å². The first-order valence-electron chi connectivity index (χ1n) is 6.44. The molecule has 0 amide bonds. The van der Waals surface area contributed by atoms with Gasteiger partial charge in [-0.2, -0.15) is 18.3 Å². The van der Waals surface area contributed by atoms with Crippen molar-refractivity contribution in [2.24, 2.45) is 7.05 Å². The number of halogens is 4. The number of rotatable bonds is 4. The molecule has 0 aliphatic rings. The Morgan fingerprint density at radius 2 is 1.86 bits per heavy atom. The molecule has 1 heterocycles. The summed E-state index contributed by atoms with van der Waals surface area (Å²) in [6, 6.07) is 4.89. The van der Waals surface area contributed by atoms with Gasteiger partial charge in [-0.3, -0.25) is 4.68 Å². The van der Waals surface area contributed by atoms with Gasteiger partial charge in [0.1, 0.15) is 0 Å². The molecule has 2 aromatic rings. The van der Waals surface area contributed by atoms with Gasteiger partial charge in [-0.25, -0.2) is 0 Å². The van der Waals surface area contributed by atoms with Crippen LogP contribution in [-0.4, -0.2) is 9.78 Å². The Balaban J connectivity index is 2.08. The minimum absolute atomic E-state index is 0.397. The molecule has 0 saturated heterocycles. The fraction of sp³-hybridized carbons (Fsp3) is 0.357. The fourth-order valence-electron chi connectivity index (χ4n) is 1.97. The zero-order valence-corrected chi connectivity index (χ0v) is 12.4. The van der Waals surface area contributed by atoms with Crippen molar-refractivity contribution >= 4 is 17.3 Å². The Labute approximate surface area is 125 Å². The number of hydrogen-bond donors (Lipinski definition) is 1. The van der Waals surface area contributed by atoms with E-state index in [0.717, 1.165) is 29.9 Å². The quantitative estimate of drug-likeness (QED) is 0.912. The molecule has 21 heavy (non-hydrogen) atoms. The fourth-order valence-corrected chi connectivity index (χ4v) is 2.34. The SMILES string of the molecule is CCc1nn(C)c(CNc2ccc(C(F)(F)F)cc2)c1Cl. The van der Waals surface area contributed by atoms with Crippen LogP contribution < -0.4 is 5.32 Å². The van der Waals surface area contributed by atoms with Crippen LogP contribution >= 0.6 is 11.6 Å². The molecule has 7 heteroatoms. The third kappa shape index (κ3) is 3.50. The van der Waals surface area contributed by atoms with Crippen LogP contribution in [0.1, 0.15) is 23.9 Å². The molecule has 0 fully saturated rings. The zero-order valence-electron chi connectivity index (χ0n) is 11.6. The summed E-state index contributed by atoms with van der Waals surface area (Å²) >= 11 is 6.21. The van der Waals surface area contributed by atoms with Crippen LogP contribution in [0.25, 0.3) is 0 Å². The molecule has 0 radical (unpaired) electrons. The molecule has 1 aromatic heterocycles. The summed E-state index contributed by atoms with van der Waals surface area (Å²) in [5, 5.41) is 7.93. The largest absolute Gasteiger partial charge is 0.416 e. The van der Waals surface area contributed by atoms with Crippen molar-refractivity contribution in [3.63, 3.8) is 0 Å². The molecular formula is C14H15ClF3N3. The van der Waals surface area contributed by atoms with Crippen molar-refractivity contribution in [3.8, 4) is 0 Å². The van der Waals surface area contributed by atoms with E-state index in [2.05, 4.69) is 10.4 Å². The number of nitrogens with one attached hydrogen (secondary N) is 1. The van der Waals surface area contributed by atoms with Gasteiger partial charge < -0.3 is 5.32 Å². The molecule has 1 aromatic carbocycles. The highest BCUT2D eigenvalue weighted by Crippen LogP contribution is 2.30. The van der Waals surface area contributed by atoms with Gasteiger partial charge in [0.05, 0.1) is 28.5 Å². The number of anilines is 1. The second-order valence-corrected chi connectivity index (χ2v) is 4.99. The molecule has 3 nitrogen and oxygen atoms in total. The van der Waals surface area contributed by atoms with Gasteiger partial charge in [-0.1, -0.05) is 18.5 Å². The maximum Gasteiger partial charge on any atom is 0.416 e. The Bertz CT molecular complexity index is 618. The first-order chi connectivity index (χ1) is 9.82. The molecule has 0 aliphatic carbocycles. The lowest BCUT2D eigenvalue weighted by Gasteiger charge is -2.10. The lowest BCUT2D eigenvalue weighted by atomic mass is 10.2. The third-order valence-corrected chi connectivity index (χ3v) is 3.61. The molecular weight excluding hydrogens is 303 g/mol. The van der Waals surface area contributed by atoms with E-state index in [0.29, 0.717) is 17.3 Å². The van der Waals surface area contributed by atoms with Crippen LogP contribution in [0.2, 0.25) is 5.02 Å². The Morgan fingerprint density at radius 1 is 1.24 bits per heavy atom. The highest BCUT2D eigenvalue weighted by Gasteiger charge is 2.29. The predicted octanol–water partition coefficient (Wildman–Crippen LogP) is 4.27. The molecule has 0 saturated carbocycles. The molecule has 2 rings (SSSR count). The van der Waals surface area contributed by atoms with Crippen LogP contribution in [0.5, 0.6) is 0 Å². The van der Waals surface area contributed by atoms with E-state index in [1.807, 2.05) is 6.92 Å². The number of nitrogens with zero attached hydrogens (tertiary/aromatic N) is 2. The van der Waals surface area contributed by atoms with Crippen molar-refractivity contribution in [3.05, 3.63) is 46.2 Å². The molecule has 0 bridgehead atoms. The average molecular weight is 318 g/mol. The van der Waals surface area contributed by atoms with Gasteiger partial charge in [0.2, 0.25) is 0 Å². The Hall–Kier alpha value is -1.69. The van der Waals surface area contributed by atoms with E-state index in [4.69, 9.17) is 11.6 Å². The van der Waals surface area contributed by atoms with E-state index >= 15 is 0 Å². The van der Waals surface area contributed by atoms with Crippen LogP contribution in [0.15, 0.2) is 24.3 Å². The van der Waals surface area contributed by atoms with Crippen LogP contribution in [-0.2, 0) is 26.2 Å². The van der Waals surface area contributed by atoms with Crippen LogP contribution in [0.3, 0.4) is 0 Å². The molecule has 114 valence electrons. The molecule has 1 N–H and O–H groups in total. The zero-order chi connectivity index (χ0) is 15.6. The van der Waals surface area contributed by atoms with Gasteiger partial charge in [0.25, 0.3) is 0 Å². The highest BCUT2D eigenvalue weighted by atomic mass is 35.5. The molecule has 0 spiro atoms. The summed E-state index contributed by atoms with van der Waals surface area (Å²) in [5.74, 6) is 0. The summed E-state index contributed by atoms with van der Waals surface area (Å²) in [5.41, 5.74) is 1.54. The van der Waals surface area contributed by atoms with Crippen molar-refractivity contribution < 1.29 is 13.2 Å². The molecule has 0 atom stereocenters. The van der Waals surface area contributed by atoms with Gasteiger partial charge in [-0.05, 0) is 30.7 Å². The van der Waals surface area contributed by atoms with Gasteiger partial charge in [0.15, 0.2) is 0 Å².